The summed E-state index contributed by atoms with van der Waals surface area (Å²) < 4.78 is 4.30. The highest BCUT2D eigenvalue weighted by Gasteiger charge is 2.44. The maximum Gasteiger partial charge on any atom is 0.205 e. The van der Waals surface area contributed by atoms with Crippen molar-refractivity contribution in [1.29, 1.82) is 0 Å². The Morgan fingerprint density at radius 3 is 2.90 bits per heavy atom. The minimum Gasteiger partial charge on any atom is -0.341 e. The number of anilines is 1. The summed E-state index contributed by atoms with van der Waals surface area (Å²) in [7, 11) is 0. The number of aryl methyl sites for hydroxylation is 1. The maximum absolute atomic E-state index is 4.52. The van der Waals surface area contributed by atoms with Crippen molar-refractivity contribution < 1.29 is 0 Å². The second-order valence-corrected chi connectivity index (χ2v) is 6.30. The minimum atomic E-state index is 0.594. The smallest absolute Gasteiger partial charge is 0.205 e. The van der Waals surface area contributed by atoms with Crippen LogP contribution in [-0.4, -0.2) is 44.4 Å². The first kappa shape index (κ1) is 12.2. The Hall–Kier alpha value is -1.53. The molecule has 0 radical (unpaired) electrons. The molecule has 0 spiro atoms. The maximum atomic E-state index is 4.52. The van der Waals surface area contributed by atoms with Crippen LogP contribution in [0.3, 0.4) is 0 Å². The summed E-state index contributed by atoms with van der Waals surface area (Å²) in [5, 5.41) is 1.09. The van der Waals surface area contributed by atoms with E-state index in [0.29, 0.717) is 12.1 Å². The van der Waals surface area contributed by atoms with Crippen LogP contribution in [0.5, 0.6) is 0 Å². The summed E-state index contributed by atoms with van der Waals surface area (Å²) >= 11 is 1.53. The van der Waals surface area contributed by atoms with Crippen LogP contribution in [-0.2, 0) is 6.54 Å². The van der Waals surface area contributed by atoms with E-state index in [9.17, 15) is 0 Å². The van der Waals surface area contributed by atoms with E-state index in [1.165, 1.54) is 23.6 Å². The molecule has 4 heterocycles. The molecule has 6 heteroatoms. The minimum absolute atomic E-state index is 0.594. The molecule has 2 unspecified atom stereocenters. The van der Waals surface area contributed by atoms with Crippen molar-refractivity contribution in [3.8, 4) is 0 Å². The zero-order valence-electron chi connectivity index (χ0n) is 11.4. The third-order valence-corrected chi connectivity index (χ3v) is 5.05. The number of pyridine rings is 1. The fourth-order valence-corrected chi connectivity index (χ4v) is 4.04. The lowest BCUT2D eigenvalue weighted by atomic mass is 10.2. The molecule has 2 atom stereocenters. The van der Waals surface area contributed by atoms with Gasteiger partial charge in [0.1, 0.15) is 5.82 Å². The molecule has 2 bridgehead atoms. The molecule has 2 aliphatic rings. The number of rotatable bonds is 3. The van der Waals surface area contributed by atoms with Crippen molar-refractivity contribution in [2.75, 3.05) is 18.0 Å². The molecule has 2 fully saturated rings. The second-order valence-electron chi connectivity index (χ2n) is 5.57. The van der Waals surface area contributed by atoms with Crippen molar-refractivity contribution >= 4 is 16.7 Å². The average molecular weight is 287 g/mol. The number of hydrogen-bond acceptors (Lipinski definition) is 6. The largest absolute Gasteiger partial charge is 0.341 e. The number of piperazine rings is 1. The van der Waals surface area contributed by atoms with Gasteiger partial charge in [-0.1, -0.05) is 6.07 Å². The van der Waals surface area contributed by atoms with Crippen LogP contribution in [0.15, 0.2) is 24.4 Å². The predicted octanol–water partition coefficient (Wildman–Crippen LogP) is 1.70. The molecule has 2 aromatic rings. The number of nitrogens with zero attached hydrogens (tertiary/aromatic N) is 5. The number of fused-ring (bicyclic) bond motifs is 2. The molecule has 0 aromatic carbocycles. The molecule has 104 valence electrons. The van der Waals surface area contributed by atoms with Gasteiger partial charge in [0, 0.05) is 49.4 Å². The molecule has 4 rings (SSSR count). The van der Waals surface area contributed by atoms with E-state index >= 15 is 0 Å². The summed E-state index contributed by atoms with van der Waals surface area (Å²) in [5.41, 5.74) is 1.17. The fraction of sp³-hybridized carbons (Fsp3) is 0.500. The van der Waals surface area contributed by atoms with Gasteiger partial charge >= 0.3 is 0 Å². The Bertz CT molecular complexity index is 599. The third-order valence-electron chi connectivity index (χ3n) is 4.21. The highest BCUT2D eigenvalue weighted by molar-refractivity contribution is 7.09. The van der Waals surface area contributed by atoms with Gasteiger partial charge < -0.3 is 4.90 Å². The summed E-state index contributed by atoms with van der Waals surface area (Å²) in [6.07, 6.45) is 3.12. The van der Waals surface area contributed by atoms with E-state index in [1.807, 2.05) is 19.2 Å². The predicted molar refractivity (Wildman–Crippen MR) is 78.8 cm³/mol. The Balaban J connectivity index is 1.45. The van der Waals surface area contributed by atoms with Crippen LogP contribution in [0, 0.1) is 6.92 Å². The Labute approximate surface area is 122 Å². The van der Waals surface area contributed by atoms with Gasteiger partial charge in [0.15, 0.2) is 0 Å². The van der Waals surface area contributed by atoms with Crippen LogP contribution >= 0.6 is 11.5 Å². The Morgan fingerprint density at radius 1 is 1.30 bits per heavy atom. The van der Waals surface area contributed by atoms with Crippen molar-refractivity contribution in [1.82, 2.24) is 19.2 Å². The molecule has 2 aliphatic heterocycles. The van der Waals surface area contributed by atoms with Crippen LogP contribution in [0.1, 0.15) is 17.9 Å². The van der Waals surface area contributed by atoms with Crippen LogP contribution in [0.2, 0.25) is 0 Å². The normalized spacial score (nSPS) is 25.6. The topological polar surface area (TPSA) is 45.2 Å². The number of likely N-dealkylation sites (tertiary alicyclic amines) is 1. The zero-order chi connectivity index (χ0) is 13.5. The van der Waals surface area contributed by atoms with Crippen molar-refractivity contribution in [3.63, 3.8) is 0 Å². The Kier molecular flexibility index (Phi) is 2.93. The molecule has 0 amide bonds. The fourth-order valence-electron chi connectivity index (χ4n) is 3.28. The first-order valence-corrected chi connectivity index (χ1v) is 7.78. The van der Waals surface area contributed by atoms with E-state index < -0.39 is 0 Å². The van der Waals surface area contributed by atoms with Gasteiger partial charge in [0.05, 0.1) is 5.69 Å². The van der Waals surface area contributed by atoms with Crippen LogP contribution in [0.4, 0.5) is 5.13 Å². The van der Waals surface area contributed by atoms with Crippen LogP contribution < -0.4 is 4.90 Å². The standard InChI is InChI=1S/C14H17N5S/c1-10-16-14(20-17-10)19-9-12-6-13(19)8-18(12)7-11-4-2-3-5-15-11/h2-5,12-13H,6-9H2,1H3. The van der Waals surface area contributed by atoms with Gasteiger partial charge in [-0.15, -0.1) is 0 Å². The molecule has 2 aromatic heterocycles. The highest BCUT2D eigenvalue weighted by atomic mass is 32.1. The zero-order valence-corrected chi connectivity index (χ0v) is 12.3. The van der Waals surface area contributed by atoms with Gasteiger partial charge in [0.2, 0.25) is 5.13 Å². The first-order chi connectivity index (χ1) is 9.79. The molecule has 0 aliphatic carbocycles. The number of aromatic nitrogens is 3. The van der Waals surface area contributed by atoms with E-state index in [2.05, 4.69) is 36.3 Å². The van der Waals surface area contributed by atoms with Crippen LogP contribution in [0.25, 0.3) is 0 Å². The number of hydrogen-bond donors (Lipinski definition) is 0. The van der Waals surface area contributed by atoms with Crippen molar-refractivity contribution in [2.24, 2.45) is 0 Å². The highest BCUT2D eigenvalue weighted by Crippen LogP contribution is 2.35. The quantitative estimate of drug-likeness (QED) is 0.860. The van der Waals surface area contributed by atoms with E-state index in [-0.39, 0.29) is 0 Å². The van der Waals surface area contributed by atoms with Gasteiger partial charge in [0.25, 0.3) is 0 Å². The lowest BCUT2D eigenvalue weighted by Gasteiger charge is -2.33. The summed E-state index contributed by atoms with van der Waals surface area (Å²) in [5.74, 6) is 0.887. The van der Waals surface area contributed by atoms with Crippen molar-refractivity contribution in [2.45, 2.75) is 32.0 Å². The van der Waals surface area contributed by atoms with Gasteiger partial charge in [-0.3, -0.25) is 9.88 Å². The summed E-state index contributed by atoms with van der Waals surface area (Å²) in [6.45, 7) is 5.11. The SMILES string of the molecule is Cc1nsc(N2CC3CC2CN3Cc2ccccn2)n1. The second kappa shape index (κ2) is 4.79. The van der Waals surface area contributed by atoms with Gasteiger partial charge in [-0.25, -0.2) is 4.98 Å². The first-order valence-electron chi connectivity index (χ1n) is 7.00. The van der Waals surface area contributed by atoms with Crippen molar-refractivity contribution in [3.05, 3.63) is 35.9 Å². The molecular weight excluding hydrogens is 270 g/mol. The van der Waals surface area contributed by atoms with E-state index in [4.69, 9.17) is 0 Å². The lowest BCUT2D eigenvalue weighted by molar-refractivity contribution is 0.228. The molecule has 0 saturated carbocycles. The summed E-state index contributed by atoms with van der Waals surface area (Å²) in [4.78, 5) is 13.9. The average Bonchev–Trinajstić information content (AvgIpc) is 3.14. The van der Waals surface area contributed by atoms with Gasteiger partial charge in [-0.2, -0.15) is 4.37 Å². The molecule has 2 saturated heterocycles. The Morgan fingerprint density at radius 2 is 2.25 bits per heavy atom. The monoisotopic (exact) mass is 287 g/mol. The van der Waals surface area contributed by atoms with E-state index in [1.54, 1.807) is 0 Å². The molecule has 5 nitrogen and oxygen atoms in total. The molecule has 20 heavy (non-hydrogen) atoms. The molecular formula is C14H17N5S. The van der Waals surface area contributed by atoms with Gasteiger partial charge in [-0.05, 0) is 25.5 Å². The lowest BCUT2D eigenvalue weighted by Crippen LogP contribution is -2.46. The molecule has 0 N–H and O–H groups in total. The van der Waals surface area contributed by atoms with E-state index in [0.717, 1.165) is 30.6 Å². The third kappa shape index (κ3) is 2.09. The summed E-state index contributed by atoms with van der Waals surface area (Å²) in [6, 6.07) is 7.37.